The van der Waals surface area contributed by atoms with E-state index in [0.29, 0.717) is 0 Å². The van der Waals surface area contributed by atoms with Gasteiger partial charge in [0.1, 0.15) is 12.0 Å². The first-order valence-electron chi connectivity index (χ1n) is 3.07. The third-order valence-corrected chi connectivity index (χ3v) is 1.44. The molecule has 1 aromatic heterocycles. The SMILES string of the molecule is [c]1coc2c1OCCC2. The van der Waals surface area contributed by atoms with Gasteiger partial charge in [-0.3, -0.25) is 0 Å². The molecule has 9 heavy (non-hydrogen) atoms. The molecule has 0 N–H and O–H groups in total. The Labute approximate surface area is 53.4 Å². The summed E-state index contributed by atoms with van der Waals surface area (Å²) in [6, 6.07) is 2.87. The highest BCUT2D eigenvalue weighted by atomic mass is 16.5. The number of hydrogen-bond donors (Lipinski definition) is 0. The van der Waals surface area contributed by atoms with Crippen molar-refractivity contribution < 1.29 is 9.15 Å². The molecule has 2 heterocycles. The minimum absolute atomic E-state index is 0.807. The Morgan fingerprint density at radius 1 is 1.56 bits per heavy atom. The number of fused-ring (bicyclic) bond motifs is 1. The van der Waals surface area contributed by atoms with E-state index in [1.165, 1.54) is 0 Å². The van der Waals surface area contributed by atoms with Crippen LogP contribution in [0.25, 0.3) is 0 Å². The highest BCUT2D eigenvalue weighted by Gasteiger charge is 2.11. The number of aryl methyl sites for hydroxylation is 1. The van der Waals surface area contributed by atoms with E-state index in [1.807, 2.05) is 0 Å². The molecule has 0 amide bonds. The van der Waals surface area contributed by atoms with Crippen LogP contribution in [0.2, 0.25) is 0 Å². The summed E-state index contributed by atoms with van der Waals surface area (Å²) in [6.07, 6.45) is 3.61. The number of ether oxygens (including phenoxy) is 1. The van der Waals surface area contributed by atoms with Crippen LogP contribution in [0.3, 0.4) is 0 Å². The average Bonchev–Trinajstić information content (AvgIpc) is 2.33. The largest absolute Gasteiger partial charge is 0.489 e. The molecule has 47 valence electrons. The van der Waals surface area contributed by atoms with Crippen LogP contribution in [0.15, 0.2) is 10.7 Å². The van der Waals surface area contributed by atoms with Gasteiger partial charge in [0.25, 0.3) is 0 Å². The Morgan fingerprint density at radius 3 is 3.44 bits per heavy atom. The van der Waals surface area contributed by atoms with Gasteiger partial charge < -0.3 is 9.15 Å². The van der Waals surface area contributed by atoms with Crippen molar-refractivity contribution in [1.29, 1.82) is 0 Å². The predicted octanol–water partition coefficient (Wildman–Crippen LogP) is 1.40. The van der Waals surface area contributed by atoms with Gasteiger partial charge in [0.2, 0.25) is 0 Å². The molecule has 1 radical (unpaired) electrons. The Morgan fingerprint density at radius 2 is 2.56 bits per heavy atom. The van der Waals surface area contributed by atoms with Crippen LogP contribution < -0.4 is 4.74 Å². The summed E-state index contributed by atoms with van der Waals surface area (Å²) < 4.78 is 10.3. The molecule has 0 atom stereocenters. The van der Waals surface area contributed by atoms with Gasteiger partial charge in [0.05, 0.1) is 12.7 Å². The smallest absolute Gasteiger partial charge is 0.168 e. The van der Waals surface area contributed by atoms with Crippen LogP contribution in [0, 0.1) is 6.07 Å². The molecule has 2 heteroatoms. The van der Waals surface area contributed by atoms with Gasteiger partial charge in [0, 0.05) is 6.42 Å². The van der Waals surface area contributed by atoms with Crippen molar-refractivity contribution in [3.8, 4) is 5.75 Å². The summed E-state index contributed by atoms with van der Waals surface area (Å²) in [5.74, 6) is 1.75. The number of hydrogen-bond acceptors (Lipinski definition) is 2. The minimum Gasteiger partial charge on any atom is -0.489 e. The van der Waals surface area contributed by atoms with Gasteiger partial charge in [-0.25, -0.2) is 0 Å². The van der Waals surface area contributed by atoms with Gasteiger partial charge in [-0.05, 0) is 6.42 Å². The molecule has 0 bridgehead atoms. The molecule has 0 aliphatic carbocycles. The van der Waals surface area contributed by atoms with Crippen molar-refractivity contribution in [3.63, 3.8) is 0 Å². The topological polar surface area (TPSA) is 22.4 Å². The second kappa shape index (κ2) is 1.79. The van der Waals surface area contributed by atoms with Gasteiger partial charge in [-0.15, -0.1) is 0 Å². The van der Waals surface area contributed by atoms with E-state index in [1.54, 1.807) is 6.26 Å². The van der Waals surface area contributed by atoms with Crippen LogP contribution in [-0.4, -0.2) is 6.61 Å². The Bertz CT molecular complexity index is 182. The number of furan rings is 1. The van der Waals surface area contributed by atoms with Crippen LogP contribution in [0.4, 0.5) is 0 Å². The maximum Gasteiger partial charge on any atom is 0.168 e. The van der Waals surface area contributed by atoms with E-state index >= 15 is 0 Å². The number of rotatable bonds is 0. The Kier molecular flexibility index (Phi) is 0.979. The summed E-state index contributed by atoms with van der Waals surface area (Å²) >= 11 is 0. The van der Waals surface area contributed by atoms with Gasteiger partial charge in [-0.1, -0.05) is 0 Å². The molecule has 2 nitrogen and oxygen atoms in total. The zero-order chi connectivity index (χ0) is 6.10. The summed E-state index contributed by atoms with van der Waals surface area (Å²) in [5.41, 5.74) is 0. The van der Waals surface area contributed by atoms with Crippen LogP contribution in [0.1, 0.15) is 12.2 Å². The molecule has 0 saturated heterocycles. The third kappa shape index (κ3) is 0.707. The van der Waals surface area contributed by atoms with Crippen molar-refractivity contribution in [2.45, 2.75) is 12.8 Å². The molecule has 1 aromatic rings. The second-order valence-electron chi connectivity index (χ2n) is 2.08. The fourth-order valence-electron chi connectivity index (χ4n) is 0.990. The molecule has 0 unspecified atom stereocenters. The normalized spacial score (nSPS) is 16.4. The lowest BCUT2D eigenvalue weighted by Crippen LogP contribution is -2.05. The average molecular weight is 123 g/mol. The fourth-order valence-corrected chi connectivity index (χ4v) is 0.990. The monoisotopic (exact) mass is 123 g/mol. The molecule has 0 spiro atoms. The summed E-state index contributed by atoms with van der Waals surface area (Å²) in [6.45, 7) is 0.809. The van der Waals surface area contributed by atoms with Gasteiger partial charge in [0.15, 0.2) is 5.75 Å². The van der Waals surface area contributed by atoms with Crippen molar-refractivity contribution in [2.75, 3.05) is 6.61 Å². The maximum atomic E-state index is 5.21. The quantitative estimate of drug-likeness (QED) is 0.520. The lowest BCUT2D eigenvalue weighted by atomic mass is 10.2. The van der Waals surface area contributed by atoms with Crippen LogP contribution in [-0.2, 0) is 6.42 Å². The second-order valence-corrected chi connectivity index (χ2v) is 2.08. The van der Waals surface area contributed by atoms with E-state index < -0.39 is 0 Å². The lowest BCUT2D eigenvalue weighted by molar-refractivity contribution is 0.271. The Hall–Kier alpha value is -0.920. The first-order valence-corrected chi connectivity index (χ1v) is 3.07. The fraction of sp³-hybridized carbons (Fsp3) is 0.429. The molecular formula is C7H7O2. The molecule has 1 aliphatic rings. The highest BCUT2D eigenvalue weighted by molar-refractivity contribution is 5.24. The molecular weight excluding hydrogens is 116 g/mol. The predicted molar refractivity (Wildman–Crippen MR) is 31.4 cm³/mol. The highest BCUT2D eigenvalue weighted by Crippen LogP contribution is 2.23. The van der Waals surface area contributed by atoms with E-state index in [9.17, 15) is 0 Å². The maximum absolute atomic E-state index is 5.21. The van der Waals surface area contributed by atoms with Crippen molar-refractivity contribution in [3.05, 3.63) is 18.1 Å². The standard InChI is InChI=1S/C7H7O2/c1-2-6-7(8-4-1)3-5-9-6/h5H,1-2,4H2. The van der Waals surface area contributed by atoms with E-state index in [0.717, 1.165) is 31.0 Å². The summed E-state index contributed by atoms with van der Waals surface area (Å²) in [4.78, 5) is 0. The third-order valence-electron chi connectivity index (χ3n) is 1.44. The van der Waals surface area contributed by atoms with Gasteiger partial charge in [-0.2, -0.15) is 0 Å². The first-order chi connectivity index (χ1) is 4.47. The summed E-state index contributed by atoms with van der Waals surface area (Å²) in [7, 11) is 0. The first kappa shape index (κ1) is 4.91. The molecule has 0 aromatic carbocycles. The molecule has 1 aliphatic heterocycles. The van der Waals surface area contributed by atoms with E-state index in [2.05, 4.69) is 6.07 Å². The molecule has 0 saturated carbocycles. The van der Waals surface area contributed by atoms with Crippen LogP contribution >= 0.6 is 0 Å². The minimum atomic E-state index is 0.807. The molecule has 0 fully saturated rings. The van der Waals surface area contributed by atoms with Gasteiger partial charge >= 0.3 is 0 Å². The Balaban J connectivity index is 2.39. The summed E-state index contributed by atoms with van der Waals surface area (Å²) in [5, 5.41) is 0. The van der Waals surface area contributed by atoms with Crippen LogP contribution in [0.5, 0.6) is 5.75 Å². The lowest BCUT2D eigenvalue weighted by Gasteiger charge is -2.09. The molecule has 2 rings (SSSR count). The van der Waals surface area contributed by atoms with E-state index in [-0.39, 0.29) is 0 Å². The van der Waals surface area contributed by atoms with Crippen molar-refractivity contribution >= 4 is 0 Å². The van der Waals surface area contributed by atoms with Crippen molar-refractivity contribution in [2.24, 2.45) is 0 Å². The zero-order valence-corrected chi connectivity index (χ0v) is 5.02. The van der Waals surface area contributed by atoms with Crippen molar-refractivity contribution in [1.82, 2.24) is 0 Å². The zero-order valence-electron chi connectivity index (χ0n) is 5.02. The van der Waals surface area contributed by atoms with E-state index in [4.69, 9.17) is 9.15 Å².